The topological polar surface area (TPSA) is 78.9 Å². The first-order valence-electron chi connectivity index (χ1n) is 33.1. The number of unbranched alkanes of at least 4 members (excludes halogenated alkanes) is 35. The van der Waals surface area contributed by atoms with Gasteiger partial charge in [-0.2, -0.15) is 0 Å². The Balaban J connectivity index is 3.99. The molecule has 0 saturated carbocycles. The zero-order chi connectivity index (χ0) is 55.7. The minimum absolute atomic E-state index is 0.0786. The van der Waals surface area contributed by atoms with Gasteiger partial charge in [-0.1, -0.05) is 298 Å². The third kappa shape index (κ3) is 63.3. The predicted molar refractivity (Wildman–Crippen MR) is 334 cm³/mol. The monoisotopic (exact) mass is 1070 g/mol. The fraction of sp³-hybridized carbons (Fsp3) is 0.761. The zero-order valence-corrected chi connectivity index (χ0v) is 51.0. The maximum absolute atomic E-state index is 12.8. The molecular weight excluding hydrogens is 949 g/mol. The van der Waals surface area contributed by atoms with Gasteiger partial charge in [-0.15, -0.1) is 0 Å². The number of ether oxygens (including phenoxy) is 3. The summed E-state index contributed by atoms with van der Waals surface area (Å²) >= 11 is 0. The average molecular weight is 1070 g/mol. The van der Waals surface area contributed by atoms with Gasteiger partial charge in [0.2, 0.25) is 0 Å². The summed E-state index contributed by atoms with van der Waals surface area (Å²) in [7, 11) is 0. The van der Waals surface area contributed by atoms with E-state index < -0.39 is 6.10 Å². The van der Waals surface area contributed by atoms with Crippen LogP contribution in [0.5, 0.6) is 0 Å². The summed E-state index contributed by atoms with van der Waals surface area (Å²) < 4.78 is 16.8. The van der Waals surface area contributed by atoms with Crippen molar-refractivity contribution in [1.29, 1.82) is 0 Å². The summed E-state index contributed by atoms with van der Waals surface area (Å²) in [6.45, 7) is 6.45. The van der Waals surface area contributed by atoms with Gasteiger partial charge in [-0.25, -0.2) is 0 Å². The summed E-state index contributed by atoms with van der Waals surface area (Å²) in [6, 6.07) is 0. The summed E-state index contributed by atoms with van der Waals surface area (Å²) in [5, 5.41) is 0. The second-order valence-corrected chi connectivity index (χ2v) is 22.0. The molecule has 0 radical (unpaired) electrons. The molecule has 0 aliphatic carbocycles. The van der Waals surface area contributed by atoms with E-state index >= 15 is 0 Å². The number of carbonyl (C=O) groups excluding carboxylic acids is 3. The molecule has 0 aliphatic rings. The molecular formula is C71H124O6. The predicted octanol–water partition coefficient (Wildman–Crippen LogP) is 22.7. The van der Waals surface area contributed by atoms with E-state index in [9.17, 15) is 14.4 Å². The highest BCUT2D eigenvalue weighted by atomic mass is 16.6. The van der Waals surface area contributed by atoms with Crippen LogP contribution in [0.4, 0.5) is 0 Å². The fourth-order valence-electron chi connectivity index (χ4n) is 9.44. The number of esters is 3. The first-order valence-corrected chi connectivity index (χ1v) is 33.1. The summed E-state index contributed by atoms with van der Waals surface area (Å²) in [5.41, 5.74) is 0. The van der Waals surface area contributed by atoms with Gasteiger partial charge >= 0.3 is 17.9 Å². The van der Waals surface area contributed by atoms with Crippen molar-refractivity contribution in [3.05, 3.63) is 85.1 Å². The lowest BCUT2D eigenvalue weighted by molar-refractivity contribution is -0.167. The van der Waals surface area contributed by atoms with Crippen molar-refractivity contribution in [2.24, 2.45) is 0 Å². The lowest BCUT2D eigenvalue weighted by atomic mass is 10.0. The van der Waals surface area contributed by atoms with Crippen LogP contribution in [0.15, 0.2) is 85.1 Å². The molecule has 77 heavy (non-hydrogen) atoms. The van der Waals surface area contributed by atoms with E-state index in [2.05, 4.69) is 106 Å². The summed E-state index contributed by atoms with van der Waals surface area (Å²) in [6.07, 6.45) is 86.5. The molecule has 0 rings (SSSR count). The Morgan fingerprint density at radius 1 is 0.273 bits per heavy atom. The third-order valence-electron chi connectivity index (χ3n) is 14.4. The third-order valence-corrected chi connectivity index (χ3v) is 14.4. The van der Waals surface area contributed by atoms with Gasteiger partial charge in [0.25, 0.3) is 0 Å². The molecule has 0 N–H and O–H groups in total. The van der Waals surface area contributed by atoms with E-state index in [1.165, 1.54) is 180 Å². The number of hydrogen-bond acceptors (Lipinski definition) is 6. The van der Waals surface area contributed by atoms with Crippen molar-refractivity contribution < 1.29 is 28.6 Å². The van der Waals surface area contributed by atoms with Gasteiger partial charge < -0.3 is 14.2 Å². The van der Waals surface area contributed by atoms with Gasteiger partial charge in [-0.05, 0) is 96.3 Å². The Bertz CT molecular complexity index is 1470. The Kier molecular flexibility index (Phi) is 62.2. The first kappa shape index (κ1) is 73.6. The van der Waals surface area contributed by atoms with Crippen LogP contribution in [0.2, 0.25) is 0 Å². The molecule has 0 saturated heterocycles. The molecule has 1 atom stereocenters. The van der Waals surface area contributed by atoms with Crippen LogP contribution >= 0.6 is 0 Å². The maximum atomic E-state index is 12.8. The SMILES string of the molecule is CC/C=C\C/C=C\C/C=C\C/C=C\C/C=C\CCCCCCCCCC(=O)OC(COC(=O)CCCCCCC)COC(=O)CCCCCCCCCCCCCCCCCCCCC/C=C\C/C=C\CCCCCCC. The lowest BCUT2D eigenvalue weighted by Gasteiger charge is -2.18. The van der Waals surface area contributed by atoms with Gasteiger partial charge in [0.15, 0.2) is 6.10 Å². The number of carbonyl (C=O) groups is 3. The van der Waals surface area contributed by atoms with Crippen LogP contribution in [0.3, 0.4) is 0 Å². The lowest BCUT2D eigenvalue weighted by Crippen LogP contribution is -2.30. The molecule has 0 heterocycles. The molecule has 0 aromatic carbocycles. The number of hydrogen-bond donors (Lipinski definition) is 0. The highest BCUT2D eigenvalue weighted by Crippen LogP contribution is 2.17. The van der Waals surface area contributed by atoms with Crippen LogP contribution in [0, 0.1) is 0 Å². The largest absolute Gasteiger partial charge is 0.462 e. The van der Waals surface area contributed by atoms with Crippen molar-refractivity contribution >= 4 is 17.9 Å². The Hall–Kier alpha value is -3.41. The normalized spacial score (nSPS) is 12.6. The Morgan fingerprint density at radius 3 is 0.792 bits per heavy atom. The molecule has 0 aliphatic heterocycles. The standard InChI is InChI=1S/C71H124O6/c1-4-7-10-13-15-17-19-21-23-25-27-29-31-32-33-34-35-36-37-38-40-41-43-45-47-49-51-53-55-58-61-64-70(73)76-67-68(66-75-69(72)63-60-57-12-9-6-3)77-71(74)65-62-59-56-54-52-50-48-46-44-42-39-30-28-26-24-22-20-18-16-14-11-8-5-2/h8,11,16,18-19,21-22,24-25,27-28,30,42,44,68H,4-7,9-10,12-15,17,20,23,26,29,31-41,43,45-67H2,1-3H3/b11-8-,18-16-,21-19-,24-22-,27-25-,30-28-,44-42-. The van der Waals surface area contributed by atoms with Gasteiger partial charge in [-0.3, -0.25) is 14.4 Å². The van der Waals surface area contributed by atoms with E-state index in [1.807, 2.05) is 0 Å². The fourth-order valence-corrected chi connectivity index (χ4v) is 9.44. The molecule has 0 amide bonds. The van der Waals surface area contributed by atoms with Crippen molar-refractivity contribution in [2.75, 3.05) is 13.2 Å². The summed E-state index contributed by atoms with van der Waals surface area (Å²) in [4.78, 5) is 37.9. The molecule has 0 aromatic heterocycles. The van der Waals surface area contributed by atoms with Crippen molar-refractivity contribution in [2.45, 2.75) is 335 Å². The summed E-state index contributed by atoms with van der Waals surface area (Å²) in [5.74, 6) is -0.892. The van der Waals surface area contributed by atoms with Crippen molar-refractivity contribution in [3.63, 3.8) is 0 Å². The van der Waals surface area contributed by atoms with Crippen LogP contribution < -0.4 is 0 Å². The second-order valence-electron chi connectivity index (χ2n) is 22.0. The first-order chi connectivity index (χ1) is 38.0. The van der Waals surface area contributed by atoms with Gasteiger partial charge in [0.05, 0.1) is 0 Å². The molecule has 0 fully saturated rings. The quantitative estimate of drug-likeness (QED) is 0.0261. The van der Waals surface area contributed by atoms with Crippen LogP contribution in [-0.4, -0.2) is 37.2 Å². The molecule has 444 valence electrons. The molecule has 0 aromatic rings. The van der Waals surface area contributed by atoms with E-state index in [4.69, 9.17) is 14.2 Å². The second kappa shape index (κ2) is 65.1. The molecule has 0 bridgehead atoms. The molecule has 1 unspecified atom stereocenters. The Morgan fingerprint density at radius 2 is 0.506 bits per heavy atom. The molecule has 6 nitrogen and oxygen atoms in total. The van der Waals surface area contributed by atoms with E-state index in [-0.39, 0.29) is 31.1 Å². The highest BCUT2D eigenvalue weighted by molar-refractivity contribution is 5.71. The number of allylic oxidation sites excluding steroid dienone is 14. The average Bonchev–Trinajstić information content (AvgIpc) is 3.43. The smallest absolute Gasteiger partial charge is 0.306 e. The van der Waals surface area contributed by atoms with Crippen LogP contribution in [0.25, 0.3) is 0 Å². The minimum atomic E-state index is -0.779. The van der Waals surface area contributed by atoms with E-state index in [0.29, 0.717) is 19.3 Å². The minimum Gasteiger partial charge on any atom is -0.462 e. The van der Waals surface area contributed by atoms with Crippen molar-refractivity contribution in [1.82, 2.24) is 0 Å². The zero-order valence-electron chi connectivity index (χ0n) is 51.0. The van der Waals surface area contributed by atoms with Crippen LogP contribution in [0.1, 0.15) is 329 Å². The molecule has 0 spiro atoms. The van der Waals surface area contributed by atoms with Crippen LogP contribution in [-0.2, 0) is 28.6 Å². The van der Waals surface area contributed by atoms with E-state index in [1.54, 1.807) is 0 Å². The Labute approximate surface area is 477 Å². The number of rotatable bonds is 60. The van der Waals surface area contributed by atoms with Gasteiger partial charge in [0, 0.05) is 19.3 Å². The highest BCUT2D eigenvalue weighted by Gasteiger charge is 2.19. The van der Waals surface area contributed by atoms with E-state index in [0.717, 1.165) is 109 Å². The maximum Gasteiger partial charge on any atom is 0.306 e. The van der Waals surface area contributed by atoms with Crippen molar-refractivity contribution in [3.8, 4) is 0 Å². The molecule has 6 heteroatoms. The van der Waals surface area contributed by atoms with Gasteiger partial charge in [0.1, 0.15) is 13.2 Å².